The summed E-state index contributed by atoms with van der Waals surface area (Å²) in [5.74, 6) is 0.0686. The molecule has 1 saturated heterocycles. The van der Waals surface area contributed by atoms with Gasteiger partial charge in [-0.2, -0.15) is 0 Å². The standard InChI is InChI=1S/C22H17Cl4NO/c23-17-3-1-13(11-19(17)25)9-15-21(28)16(22(15)5-7-27-8-6-22)10-14-2-4-18(24)20(26)12-14/h1-4,9-12,27H,5-8H2/b15-9-,16-10-. The second kappa shape index (κ2) is 7.85. The van der Waals surface area contributed by atoms with Crippen LogP contribution in [0.4, 0.5) is 0 Å². The Hall–Kier alpha value is -1.29. The van der Waals surface area contributed by atoms with Gasteiger partial charge in [0.25, 0.3) is 0 Å². The zero-order chi connectivity index (χ0) is 19.9. The minimum atomic E-state index is -0.249. The molecule has 1 saturated carbocycles. The molecule has 1 spiro atoms. The molecule has 2 aromatic rings. The van der Waals surface area contributed by atoms with E-state index in [4.69, 9.17) is 46.4 Å². The number of carbonyl (C=O) groups excluding carboxylic acids is 1. The number of piperidine rings is 1. The quantitative estimate of drug-likeness (QED) is 0.512. The van der Waals surface area contributed by atoms with Crippen LogP contribution in [-0.4, -0.2) is 18.9 Å². The molecule has 6 heteroatoms. The molecule has 1 N–H and O–H groups in total. The number of rotatable bonds is 2. The molecule has 1 aliphatic heterocycles. The number of allylic oxidation sites excluding steroid dienone is 2. The molecule has 0 unspecified atom stereocenters. The first-order valence-corrected chi connectivity index (χ1v) is 10.5. The minimum absolute atomic E-state index is 0.0686. The van der Waals surface area contributed by atoms with E-state index in [-0.39, 0.29) is 11.2 Å². The van der Waals surface area contributed by atoms with Gasteiger partial charge in [0.1, 0.15) is 0 Å². The van der Waals surface area contributed by atoms with Gasteiger partial charge in [0.15, 0.2) is 5.78 Å². The van der Waals surface area contributed by atoms with Gasteiger partial charge in [-0.25, -0.2) is 0 Å². The van der Waals surface area contributed by atoms with Crippen molar-refractivity contribution in [2.45, 2.75) is 12.8 Å². The fourth-order valence-corrected chi connectivity index (χ4v) is 4.61. The Morgan fingerprint density at radius 3 is 1.64 bits per heavy atom. The van der Waals surface area contributed by atoms with Gasteiger partial charge in [-0.3, -0.25) is 4.79 Å². The highest BCUT2D eigenvalue weighted by Gasteiger charge is 2.53. The first-order valence-electron chi connectivity index (χ1n) is 9.01. The lowest BCUT2D eigenvalue weighted by atomic mass is 9.54. The van der Waals surface area contributed by atoms with Gasteiger partial charge in [-0.1, -0.05) is 58.5 Å². The van der Waals surface area contributed by atoms with Crippen LogP contribution in [0.1, 0.15) is 24.0 Å². The first kappa shape index (κ1) is 20.0. The van der Waals surface area contributed by atoms with E-state index in [2.05, 4.69) is 5.32 Å². The molecule has 0 bridgehead atoms. The molecule has 2 aromatic carbocycles. The molecule has 2 nitrogen and oxygen atoms in total. The number of ketones is 1. The van der Waals surface area contributed by atoms with Crippen molar-refractivity contribution < 1.29 is 4.79 Å². The van der Waals surface area contributed by atoms with Gasteiger partial charge in [-0.05, 0) is 73.5 Å². The van der Waals surface area contributed by atoms with Crippen molar-refractivity contribution in [3.63, 3.8) is 0 Å². The molecule has 2 aliphatic rings. The second-order valence-electron chi connectivity index (χ2n) is 7.12. The van der Waals surface area contributed by atoms with E-state index in [0.29, 0.717) is 20.1 Å². The Labute approximate surface area is 184 Å². The topological polar surface area (TPSA) is 29.1 Å². The van der Waals surface area contributed by atoms with E-state index in [1.54, 1.807) is 24.3 Å². The van der Waals surface area contributed by atoms with Crippen LogP contribution in [-0.2, 0) is 4.79 Å². The second-order valence-corrected chi connectivity index (χ2v) is 8.75. The Balaban J connectivity index is 1.76. The Morgan fingerprint density at radius 2 is 1.21 bits per heavy atom. The van der Waals surface area contributed by atoms with Crippen LogP contribution in [0.15, 0.2) is 47.5 Å². The van der Waals surface area contributed by atoms with E-state index in [1.807, 2.05) is 24.3 Å². The lowest BCUT2D eigenvalue weighted by molar-refractivity contribution is -0.118. The Bertz CT molecular complexity index is 946. The third kappa shape index (κ3) is 3.53. The summed E-state index contributed by atoms with van der Waals surface area (Å²) in [5, 5.41) is 5.34. The highest BCUT2D eigenvalue weighted by Crippen LogP contribution is 2.55. The third-order valence-corrected chi connectivity index (χ3v) is 6.96. The monoisotopic (exact) mass is 451 g/mol. The van der Waals surface area contributed by atoms with Crippen molar-refractivity contribution >= 4 is 64.3 Å². The Morgan fingerprint density at radius 1 is 0.750 bits per heavy atom. The van der Waals surface area contributed by atoms with E-state index in [0.717, 1.165) is 48.2 Å². The summed E-state index contributed by atoms with van der Waals surface area (Å²) in [6.07, 6.45) is 5.64. The highest BCUT2D eigenvalue weighted by atomic mass is 35.5. The smallest absolute Gasteiger partial charge is 0.186 e. The molecule has 144 valence electrons. The first-order chi connectivity index (χ1) is 13.4. The van der Waals surface area contributed by atoms with Crippen molar-refractivity contribution in [1.82, 2.24) is 5.32 Å². The maximum absolute atomic E-state index is 13.1. The molecule has 2 fully saturated rings. The van der Waals surface area contributed by atoms with Crippen LogP contribution in [0.5, 0.6) is 0 Å². The van der Waals surface area contributed by atoms with Crippen LogP contribution in [0.25, 0.3) is 12.2 Å². The molecule has 1 heterocycles. The predicted molar refractivity (Wildman–Crippen MR) is 118 cm³/mol. The number of Topliss-reactive ketones (excluding diaryl/α,β-unsaturated/α-hetero) is 1. The summed E-state index contributed by atoms with van der Waals surface area (Å²) in [5.41, 5.74) is 3.17. The van der Waals surface area contributed by atoms with Gasteiger partial charge in [0.2, 0.25) is 0 Å². The molecule has 4 rings (SSSR count). The van der Waals surface area contributed by atoms with Crippen LogP contribution in [0.2, 0.25) is 20.1 Å². The number of carbonyl (C=O) groups is 1. The lowest BCUT2D eigenvalue weighted by Crippen LogP contribution is -2.50. The number of benzene rings is 2. The van der Waals surface area contributed by atoms with Crippen LogP contribution in [0, 0.1) is 5.41 Å². The Kier molecular flexibility index (Phi) is 5.61. The minimum Gasteiger partial charge on any atom is -0.317 e. The fourth-order valence-electron chi connectivity index (χ4n) is 4.00. The molecule has 0 amide bonds. The van der Waals surface area contributed by atoms with Crippen LogP contribution in [0.3, 0.4) is 0 Å². The number of hydrogen-bond acceptors (Lipinski definition) is 2. The molecule has 0 atom stereocenters. The van der Waals surface area contributed by atoms with Gasteiger partial charge in [0, 0.05) is 16.6 Å². The van der Waals surface area contributed by atoms with E-state index >= 15 is 0 Å². The number of halogens is 4. The van der Waals surface area contributed by atoms with Gasteiger partial charge in [-0.15, -0.1) is 0 Å². The highest BCUT2D eigenvalue weighted by molar-refractivity contribution is 6.42. The molecule has 0 radical (unpaired) electrons. The average Bonchev–Trinajstić information content (AvgIpc) is 2.70. The maximum atomic E-state index is 13.1. The van der Waals surface area contributed by atoms with Crippen LogP contribution >= 0.6 is 46.4 Å². The summed E-state index contributed by atoms with van der Waals surface area (Å²) in [7, 11) is 0. The molecule has 0 aromatic heterocycles. The summed E-state index contributed by atoms with van der Waals surface area (Å²) < 4.78 is 0. The van der Waals surface area contributed by atoms with Gasteiger partial charge in [0.05, 0.1) is 20.1 Å². The number of nitrogens with one attached hydrogen (secondary N) is 1. The third-order valence-electron chi connectivity index (χ3n) is 5.49. The largest absolute Gasteiger partial charge is 0.317 e. The van der Waals surface area contributed by atoms with E-state index in [9.17, 15) is 4.79 Å². The fraction of sp³-hybridized carbons (Fsp3) is 0.227. The van der Waals surface area contributed by atoms with Crippen LogP contribution < -0.4 is 5.32 Å². The van der Waals surface area contributed by atoms with Gasteiger partial charge < -0.3 is 5.32 Å². The predicted octanol–water partition coefficient (Wildman–Crippen LogP) is 6.72. The SMILES string of the molecule is O=C1/C(=C/c2ccc(Cl)c(Cl)c2)C2(CCNCC2)/C1=C\c1ccc(Cl)c(Cl)c1. The van der Waals surface area contributed by atoms with E-state index in [1.165, 1.54) is 0 Å². The molecular formula is C22H17Cl4NO. The average molecular weight is 453 g/mol. The molecule has 1 aliphatic carbocycles. The summed E-state index contributed by atoms with van der Waals surface area (Å²) in [6.45, 7) is 1.73. The summed E-state index contributed by atoms with van der Waals surface area (Å²) in [4.78, 5) is 13.1. The zero-order valence-corrected chi connectivity index (χ0v) is 17.9. The molecule has 28 heavy (non-hydrogen) atoms. The number of hydrogen-bond donors (Lipinski definition) is 1. The van der Waals surface area contributed by atoms with Crippen molar-refractivity contribution in [1.29, 1.82) is 0 Å². The maximum Gasteiger partial charge on any atom is 0.186 e. The normalized spacial score (nSPS) is 21.4. The van der Waals surface area contributed by atoms with Crippen molar-refractivity contribution in [3.8, 4) is 0 Å². The van der Waals surface area contributed by atoms with Crippen molar-refractivity contribution in [2.24, 2.45) is 5.41 Å². The van der Waals surface area contributed by atoms with Gasteiger partial charge >= 0.3 is 0 Å². The van der Waals surface area contributed by atoms with Crippen molar-refractivity contribution in [3.05, 3.63) is 78.8 Å². The summed E-state index contributed by atoms with van der Waals surface area (Å²) in [6, 6.07) is 10.8. The summed E-state index contributed by atoms with van der Waals surface area (Å²) >= 11 is 24.3. The van der Waals surface area contributed by atoms with E-state index < -0.39 is 0 Å². The lowest BCUT2D eigenvalue weighted by Gasteiger charge is -2.48. The molecular weight excluding hydrogens is 436 g/mol. The zero-order valence-electron chi connectivity index (χ0n) is 14.9. The van der Waals surface area contributed by atoms with Crippen molar-refractivity contribution in [2.75, 3.05) is 13.1 Å².